The van der Waals surface area contributed by atoms with Gasteiger partial charge in [0.05, 0.1) is 31.4 Å². The van der Waals surface area contributed by atoms with Gasteiger partial charge in [0.2, 0.25) is 53.8 Å². The molecule has 50 heteroatoms. The van der Waals surface area contributed by atoms with Gasteiger partial charge in [0.1, 0.15) is 109 Å². The lowest BCUT2D eigenvalue weighted by Gasteiger charge is -2.49. The Bertz CT molecular complexity index is 2980. The Labute approximate surface area is 460 Å². The molecule has 0 aromatic rings. The third kappa shape index (κ3) is 20.7. The molecule has 478 valence electrons. The van der Waals surface area contributed by atoms with E-state index in [2.05, 4.69) is 25.1 Å². The second kappa shape index (κ2) is 27.6. The predicted octanol–water partition coefficient (Wildman–Crippen LogP) is -13.8. The molecule has 3 fully saturated rings. The number of hydrogen-bond acceptors (Lipinski definition) is 41. The van der Waals surface area contributed by atoms with Crippen LogP contribution in [0.25, 0.3) is 0 Å². The summed E-state index contributed by atoms with van der Waals surface area (Å²) in [6.45, 7) is -1.55. The van der Waals surface area contributed by atoms with Gasteiger partial charge in [-0.1, -0.05) is 0 Å². The standard InChI is InChI=1S/C32H51NO43S6/c1-7-19(72-78(48,49)50)25(75-81(57,58)59)17(39)31(64-7)66-11-4-12(27(41)42)67-30(15(11)37)70-23-14(33-9(3)35)29(68-13(6-63-77(45,46)47)22(23)74-80(54,55)56)71-24(16(38)28(43)44)21(10(36)5-34)69-32-18(40)26(76-82(60,61)62)20(8(2)65-32)73-79(51,52)53/h4,7-8,10-11,13-26,29-32,34,36-40H,5-6H2,1-3H3,(H,33,35)(H,41,42)(H,43,44)(H,45,46,47)(H,48,49,50)(H,51,52,53)(H,54,55,56)(H,57,58,59)(H,60,61,62)/p-6/t7-,8-,10-,11-,13+,14+,15+,16-,17-,18-,19+,20+,21+,22-,23+,24+,25-,26-,29-,30-,31-,32-/m0/s1. The molecule has 0 aromatic heterocycles. The SMILES string of the molecule is CC(=O)N[C@H]1[C@H](O[C@@H]([C@H](O[C@@H]2O[C@@H](C)[C@@H](OS(=O)(=O)[O-])[C@@H](OS(=O)(=O)O)[C@@H]2O)[C@@H](O)CO)[C@H](O)C(=O)[O-])O[C@H](COS(=O)(=O)[O-])[C@H](OS(=O)(=O)[O-])[C@@H]1O[C@@H]1OC(C(=O)[O-])=C[C@H](O[C@@H]2O[C@@H](C)[C@@H](OS(=O)(=O)[O-])[C@@H](OS(=O)(=O)O)[C@@H]2O)[C@H]1O. The quantitative estimate of drug-likeness (QED) is 0.0259. The van der Waals surface area contributed by atoms with Crippen LogP contribution >= 0.6 is 0 Å². The Morgan fingerprint density at radius 2 is 1.07 bits per heavy atom. The van der Waals surface area contributed by atoms with E-state index < -0.39 is 234 Å². The van der Waals surface area contributed by atoms with E-state index in [-0.39, 0.29) is 6.08 Å². The molecule has 0 spiro atoms. The molecule has 0 unspecified atom stereocenters. The van der Waals surface area contributed by atoms with Crippen molar-refractivity contribution in [2.24, 2.45) is 0 Å². The van der Waals surface area contributed by atoms with E-state index in [0.717, 1.165) is 13.8 Å². The van der Waals surface area contributed by atoms with Crippen LogP contribution in [0.3, 0.4) is 0 Å². The number of aliphatic carboxylic acids is 2. The molecule has 4 aliphatic heterocycles. The van der Waals surface area contributed by atoms with Gasteiger partial charge in [0.15, 0.2) is 18.9 Å². The minimum absolute atomic E-state index is 0.235. The molecule has 4 rings (SSSR count). The van der Waals surface area contributed by atoms with Crippen LogP contribution < -0.4 is 15.5 Å². The van der Waals surface area contributed by atoms with Gasteiger partial charge >= 0.3 is 20.8 Å². The summed E-state index contributed by atoms with van der Waals surface area (Å²) in [5, 5.41) is 92.5. The summed E-state index contributed by atoms with van der Waals surface area (Å²) in [5.41, 5.74) is 0. The van der Waals surface area contributed by atoms with E-state index in [9.17, 15) is 133 Å². The zero-order chi connectivity index (χ0) is 62.7. The van der Waals surface area contributed by atoms with Gasteiger partial charge in [0, 0.05) is 6.92 Å². The first-order chi connectivity index (χ1) is 37.2. The van der Waals surface area contributed by atoms with Gasteiger partial charge in [-0.2, -0.15) is 16.8 Å². The van der Waals surface area contributed by atoms with E-state index in [1.54, 1.807) is 0 Å². The molecule has 0 bridgehead atoms. The maximum absolute atomic E-state index is 12.9. The molecule has 0 radical (unpaired) electrons. The van der Waals surface area contributed by atoms with Crippen LogP contribution in [0.15, 0.2) is 11.8 Å². The highest BCUT2D eigenvalue weighted by Crippen LogP contribution is 2.37. The number of carbonyl (C=O) groups excluding carboxylic acids is 3. The largest absolute Gasteiger partial charge is 0.726 e. The maximum Gasteiger partial charge on any atom is 0.397 e. The fourth-order valence-corrected chi connectivity index (χ4v) is 10.8. The molecule has 22 atom stereocenters. The van der Waals surface area contributed by atoms with Gasteiger partial charge in [-0.05, 0) is 19.9 Å². The van der Waals surface area contributed by atoms with Crippen molar-refractivity contribution in [2.45, 2.75) is 156 Å². The second-order valence-electron chi connectivity index (χ2n) is 17.0. The Balaban J connectivity index is 1.90. The number of ether oxygens (including phenoxy) is 8. The van der Waals surface area contributed by atoms with E-state index in [0.29, 0.717) is 6.92 Å². The number of amides is 1. The predicted molar refractivity (Wildman–Crippen MR) is 227 cm³/mol. The molecular weight excluding hydrogens is 1280 g/mol. The third-order valence-corrected chi connectivity index (χ3v) is 13.8. The second-order valence-corrected chi connectivity index (χ2v) is 23.1. The van der Waals surface area contributed by atoms with Crippen molar-refractivity contribution in [2.75, 3.05) is 13.2 Å². The average molecular weight is 1320 g/mol. The number of carbonyl (C=O) groups is 3. The summed E-state index contributed by atoms with van der Waals surface area (Å²) in [6, 6.07) is -2.73. The van der Waals surface area contributed by atoms with Crippen molar-refractivity contribution >= 4 is 80.2 Å². The van der Waals surface area contributed by atoms with Gasteiger partial charge in [-0.25, -0.2) is 42.0 Å². The minimum atomic E-state index is -6.34. The summed E-state index contributed by atoms with van der Waals surface area (Å²) in [5.74, 6) is -8.15. The van der Waals surface area contributed by atoms with Crippen LogP contribution in [0.4, 0.5) is 0 Å². The van der Waals surface area contributed by atoms with Crippen molar-refractivity contribution in [1.82, 2.24) is 5.32 Å². The monoisotopic (exact) mass is 1320 g/mol. The minimum Gasteiger partial charge on any atom is -0.726 e. The van der Waals surface area contributed by atoms with Crippen LogP contribution in [0.5, 0.6) is 0 Å². The molecule has 3 saturated heterocycles. The molecular formula is C32H45NO43S6-6. The van der Waals surface area contributed by atoms with Gasteiger partial charge in [-0.3, -0.25) is 30.6 Å². The number of nitrogens with one attached hydrogen (secondary N) is 1. The summed E-state index contributed by atoms with van der Waals surface area (Å²) in [7, 11) is -35.7. The van der Waals surface area contributed by atoms with Crippen molar-refractivity contribution in [1.29, 1.82) is 0 Å². The summed E-state index contributed by atoms with van der Waals surface area (Å²) < 4.78 is 275. The summed E-state index contributed by atoms with van der Waals surface area (Å²) in [6.07, 6.45) is -57.8. The number of aliphatic hydroxyl groups is 6. The molecule has 82 heavy (non-hydrogen) atoms. The molecule has 4 heterocycles. The van der Waals surface area contributed by atoms with E-state index >= 15 is 0 Å². The van der Waals surface area contributed by atoms with Gasteiger partial charge in [-0.15, -0.1) is 0 Å². The molecule has 0 aliphatic carbocycles. The number of carboxylic acids is 2. The van der Waals surface area contributed by atoms with E-state index in [1.807, 2.05) is 5.32 Å². The van der Waals surface area contributed by atoms with E-state index in [1.165, 1.54) is 0 Å². The lowest BCUT2D eigenvalue weighted by atomic mass is 9.95. The highest BCUT2D eigenvalue weighted by atomic mass is 32.3. The van der Waals surface area contributed by atoms with Crippen molar-refractivity contribution in [3.05, 3.63) is 11.8 Å². The molecule has 4 aliphatic rings. The van der Waals surface area contributed by atoms with Crippen LogP contribution in [-0.2, 0) is 140 Å². The highest BCUT2D eigenvalue weighted by molar-refractivity contribution is 7.82. The first-order valence-corrected chi connectivity index (χ1v) is 29.8. The number of rotatable bonds is 28. The first kappa shape index (κ1) is 71.1. The van der Waals surface area contributed by atoms with Crippen LogP contribution in [-0.4, -0.2) is 274 Å². The zero-order valence-corrected chi connectivity index (χ0v) is 45.4. The lowest BCUT2D eigenvalue weighted by molar-refractivity contribution is -0.357. The van der Waals surface area contributed by atoms with Gasteiger partial charge in [0.25, 0.3) is 0 Å². The normalized spacial score (nSPS) is 35.0. The Hall–Kier alpha value is -3.35. The highest BCUT2D eigenvalue weighted by Gasteiger charge is 2.57. The first-order valence-electron chi connectivity index (χ1n) is 21.7. The Kier molecular flexibility index (Phi) is 23.9. The van der Waals surface area contributed by atoms with Crippen molar-refractivity contribution in [3.8, 4) is 0 Å². The van der Waals surface area contributed by atoms with Crippen molar-refractivity contribution < 1.29 is 196 Å². The van der Waals surface area contributed by atoms with Crippen LogP contribution in [0, 0.1) is 0 Å². The molecule has 44 nitrogen and oxygen atoms in total. The fraction of sp³-hybridized carbons (Fsp3) is 0.844. The summed E-state index contributed by atoms with van der Waals surface area (Å²) >= 11 is 0. The number of hydrogen-bond donors (Lipinski definition) is 9. The number of aliphatic hydroxyl groups excluding tert-OH is 6. The average Bonchev–Trinajstić information content (AvgIpc) is 3.29. The lowest BCUT2D eigenvalue weighted by Crippen LogP contribution is -2.69. The molecule has 9 N–H and O–H groups in total. The smallest absolute Gasteiger partial charge is 0.397 e. The summed E-state index contributed by atoms with van der Waals surface area (Å²) in [4.78, 5) is 37.6. The Morgan fingerprint density at radius 1 is 0.610 bits per heavy atom. The maximum atomic E-state index is 12.9. The molecule has 1 amide bonds. The fourth-order valence-electron chi connectivity index (χ4n) is 7.90. The molecule has 0 saturated carbocycles. The van der Waals surface area contributed by atoms with Gasteiger partial charge < -0.3 is 112 Å². The topological polar surface area (TPSA) is 698 Å². The Morgan fingerprint density at radius 3 is 1.50 bits per heavy atom. The third-order valence-electron chi connectivity index (χ3n) is 11.0. The molecule has 0 aromatic carbocycles. The number of carboxylic acid groups (broad SMARTS) is 2. The van der Waals surface area contributed by atoms with Crippen LogP contribution in [0.2, 0.25) is 0 Å². The van der Waals surface area contributed by atoms with Crippen molar-refractivity contribution in [3.63, 3.8) is 0 Å². The van der Waals surface area contributed by atoms with E-state index in [4.69, 9.17) is 37.9 Å². The van der Waals surface area contributed by atoms with Crippen LogP contribution in [0.1, 0.15) is 20.8 Å². The zero-order valence-electron chi connectivity index (χ0n) is 40.5.